The Morgan fingerprint density at radius 2 is 2.30 bits per heavy atom. The van der Waals surface area contributed by atoms with E-state index in [0.29, 0.717) is 12.6 Å². The van der Waals surface area contributed by atoms with Crippen molar-refractivity contribution in [3.8, 4) is 0 Å². The summed E-state index contributed by atoms with van der Waals surface area (Å²) in [5.41, 5.74) is 1.35. The number of hydrogen-bond donors (Lipinski definition) is 1. The molecule has 3 nitrogen and oxygen atoms in total. The van der Waals surface area contributed by atoms with Crippen molar-refractivity contribution >= 4 is 17.2 Å². The second-order valence-electron chi connectivity index (χ2n) is 6.15. The molecule has 2 heterocycles. The van der Waals surface area contributed by atoms with Crippen LogP contribution in [0.3, 0.4) is 0 Å². The van der Waals surface area contributed by atoms with Crippen LogP contribution in [0.4, 0.5) is 0 Å². The smallest absolute Gasteiger partial charge is 0.236 e. The van der Waals surface area contributed by atoms with Gasteiger partial charge in [0, 0.05) is 24.0 Å². The highest BCUT2D eigenvalue weighted by Crippen LogP contribution is 2.27. The van der Waals surface area contributed by atoms with E-state index in [0.717, 1.165) is 25.4 Å². The lowest BCUT2D eigenvalue weighted by Gasteiger charge is -2.28. The van der Waals surface area contributed by atoms with Gasteiger partial charge in [-0.1, -0.05) is 12.8 Å². The third-order valence-electron chi connectivity index (χ3n) is 4.84. The molecule has 0 saturated heterocycles. The Bertz CT molecular complexity index is 465. The van der Waals surface area contributed by atoms with E-state index >= 15 is 0 Å². The van der Waals surface area contributed by atoms with E-state index in [1.807, 2.05) is 16.2 Å². The molecule has 0 aromatic carbocycles. The first-order valence-electron chi connectivity index (χ1n) is 7.80. The average Bonchev–Trinajstić information content (AvgIpc) is 3.13. The Kier molecular flexibility index (Phi) is 4.41. The zero-order chi connectivity index (χ0) is 13.9. The van der Waals surface area contributed by atoms with Crippen LogP contribution < -0.4 is 5.32 Å². The number of carbonyl (C=O) groups is 1. The van der Waals surface area contributed by atoms with Gasteiger partial charge in [-0.15, -0.1) is 11.3 Å². The van der Waals surface area contributed by atoms with Crippen molar-refractivity contribution < 1.29 is 4.79 Å². The van der Waals surface area contributed by atoms with Crippen LogP contribution in [0.5, 0.6) is 0 Å². The first-order chi connectivity index (χ1) is 9.74. The van der Waals surface area contributed by atoms with E-state index in [4.69, 9.17) is 0 Å². The molecule has 1 saturated carbocycles. The fraction of sp³-hybridized carbons (Fsp3) is 0.688. The average molecular weight is 292 g/mol. The molecule has 3 rings (SSSR count). The minimum Gasteiger partial charge on any atom is -0.337 e. The minimum absolute atomic E-state index is 0.256. The first kappa shape index (κ1) is 14.1. The van der Waals surface area contributed by atoms with Gasteiger partial charge in [-0.3, -0.25) is 4.79 Å². The summed E-state index contributed by atoms with van der Waals surface area (Å²) in [6.45, 7) is 4.41. The molecule has 0 unspecified atom stereocenters. The van der Waals surface area contributed by atoms with E-state index in [9.17, 15) is 4.79 Å². The van der Waals surface area contributed by atoms with Gasteiger partial charge in [-0.25, -0.2) is 0 Å². The summed E-state index contributed by atoms with van der Waals surface area (Å²) < 4.78 is 0. The quantitative estimate of drug-likeness (QED) is 0.925. The Hall–Kier alpha value is -0.870. The summed E-state index contributed by atoms with van der Waals surface area (Å²) in [6.07, 6.45) is 6.39. The molecule has 0 radical (unpaired) electrons. The number of carbonyl (C=O) groups excluding carboxylic acids is 1. The second-order valence-corrected chi connectivity index (χ2v) is 7.15. The van der Waals surface area contributed by atoms with E-state index in [-0.39, 0.29) is 5.91 Å². The van der Waals surface area contributed by atoms with Crippen molar-refractivity contribution in [1.29, 1.82) is 0 Å². The van der Waals surface area contributed by atoms with Crippen LogP contribution in [0.15, 0.2) is 11.4 Å². The summed E-state index contributed by atoms with van der Waals surface area (Å²) in [5.74, 6) is 1.03. The number of fused-ring (bicyclic) bond motifs is 1. The summed E-state index contributed by atoms with van der Waals surface area (Å²) in [4.78, 5) is 15.8. The van der Waals surface area contributed by atoms with Crippen molar-refractivity contribution in [3.05, 3.63) is 21.9 Å². The highest BCUT2D eigenvalue weighted by Gasteiger charge is 2.24. The van der Waals surface area contributed by atoms with Gasteiger partial charge in [-0.2, -0.15) is 0 Å². The van der Waals surface area contributed by atoms with Gasteiger partial charge in [-0.05, 0) is 49.1 Å². The van der Waals surface area contributed by atoms with Crippen molar-refractivity contribution in [3.63, 3.8) is 0 Å². The van der Waals surface area contributed by atoms with Gasteiger partial charge in [0.2, 0.25) is 5.91 Å². The van der Waals surface area contributed by atoms with E-state index in [1.54, 1.807) is 0 Å². The van der Waals surface area contributed by atoms with Gasteiger partial charge in [0.15, 0.2) is 0 Å². The fourth-order valence-electron chi connectivity index (χ4n) is 3.45. The number of thiophene rings is 1. The van der Waals surface area contributed by atoms with Gasteiger partial charge in [0.1, 0.15) is 0 Å². The molecule has 1 atom stereocenters. The molecular weight excluding hydrogens is 268 g/mol. The summed E-state index contributed by atoms with van der Waals surface area (Å²) in [7, 11) is 0. The largest absolute Gasteiger partial charge is 0.337 e. The molecule has 20 heavy (non-hydrogen) atoms. The van der Waals surface area contributed by atoms with Crippen molar-refractivity contribution in [2.45, 2.75) is 51.6 Å². The maximum Gasteiger partial charge on any atom is 0.236 e. The lowest BCUT2D eigenvalue weighted by Crippen LogP contribution is -2.44. The number of nitrogens with one attached hydrogen (secondary N) is 1. The predicted octanol–water partition coefficient (Wildman–Crippen LogP) is 2.80. The number of rotatable bonds is 4. The molecule has 0 bridgehead atoms. The summed E-state index contributed by atoms with van der Waals surface area (Å²) >= 11 is 1.82. The molecule has 1 aromatic rings. The Labute approximate surface area is 125 Å². The first-order valence-corrected chi connectivity index (χ1v) is 8.68. The van der Waals surface area contributed by atoms with Crippen LogP contribution in [0.1, 0.15) is 43.0 Å². The molecule has 0 spiro atoms. The maximum atomic E-state index is 12.3. The second kappa shape index (κ2) is 6.27. The molecule has 1 fully saturated rings. The van der Waals surface area contributed by atoms with E-state index in [1.165, 1.54) is 36.1 Å². The molecule has 1 aliphatic heterocycles. The van der Waals surface area contributed by atoms with Crippen molar-refractivity contribution in [1.82, 2.24) is 10.2 Å². The van der Waals surface area contributed by atoms with Crippen LogP contribution in [0, 0.1) is 5.92 Å². The lowest BCUT2D eigenvalue weighted by atomic mass is 10.00. The van der Waals surface area contributed by atoms with E-state index in [2.05, 4.69) is 23.7 Å². The molecule has 1 N–H and O–H groups in total. The molecule has 4 heteroatoms. The van der Waals surface area contributed by atoms with Crippen molar-refractivity contribution in [2.75, 3.05) is 13.1 Å². The van der Waals surface area contributed by atoms with Crippen LogP contribution >= 0.6 is 11.3 Å². The highest BCUT2D eigenvalue weighted by atomic mass is 32.1. The Morgan fingerprint density at radius 1 is 1.50 bits per heavy atom. The van der Waals surface area contributed by atoms with Gasteiger partial charge in [0.25, 0.3) is 0 Å². The number of nitrogens with zero attached hydrogens (tertiary/aromatic N) is 1. The zero-order valence-electron chi connectivity index (χ0n) is 12.2. The van der Waals surface area contributed by atoms with Crippen LogP contribution in [0.25, 0.3) is 0 Å². The highest BCUT2D eigenvalue weighted by molar-refractivity contribution is 7.10. The third kappa shape index (κ3) is 3.07. The van der Waals surface area contributed by atoms with Crippen molar-refractivity contribution in [2.24, 2.45) is 5.92 Å². The molecule has 110 valence electrons. The summed E-state index contributed by atoms with van der Waals surface area (Å²) in [6, 6.07) is 2.64. The topological polar surface area (TPSA) is 32.3 Å². The molecule has 1 amide bonds. The van der Waals surface area contributed by atoms with Crippen LogP contribution in [0.2, 0.25) is 0 Å². The number of amides is 1. The normalized spacial score (nSPS) is 20.9. The van der Waals surface area contributed by atoms with Gasteiger partial charge < -0.3 is 10.2 Å². The minimum atomic E-state index is 0.256. The zero-order valence-corrected chi connectivity index (χ0v) is 13.0. The van der Waals surface area contributed by atoms with Gasteiger partial charge >= 0.3 is 0 Å². The third-order valence-corrected chi connectivity index (χ3v) is 5.87. The molecule has 1 aromatic heterocycles. The standard InChI is InChI=1S/C16H24N2OS/c1-12(13-4-2-3-5-13)17-10-16(19)18-8-6-15-14(11-18)7-9-20-15/h7,9,12-13,17H,2-6,8,10-11H2,1H3/t12-/m0/s1. The Morgan fingerprint density at radius 3 is 3.10 bits per heavy atom. The predicted molar refractivity (Wildman–Crippen MR) is 82.9 cm³/mol. The maximum absolute atomic E-state index is 12.3. The summed E-state index contributed by atoms with van der Waals surface area (Å²) in [5, 5.41) is 5.59. The van der Waals surface area contributed by atoms with Crippen LogP contribution in [-0.2, 0) is 17.8 Å². The Balaban J connectivity index is 1.47. The number of hydrogen-bond acceptors (Lipinski definition) is 3. The molecular formula is C16H24N2OS. The lowest BCUT2D eigenvalue weighted by molar-refractivity contribution is -0.131. The van der Waals surface area contributed by atoms with Crippen LogP contribution in [-0.4, -0.2) is 29.9 Å². The van der Waals surface area contributed by atoms with Gasteiger partial charge in [0.05, 0.1) is 6.54 Å². The monoisotopic (exact) mass is 292 g/mol. The van der Waals surface area contributed by atoms with E-state index < -0.39 is 0 Å². The molecule has 2 aliphatic rings. The fourth-order valence-corrected chi connectivity index (χ4v) is 4.34. The molecule has 1 aliphatic carbocycles. The SMILES string of the molecule is C[C@H](NCC(=O)N1CCc2sccc2C1)C1CCCC1.